The number of hydrogen-bond donors (Lipinski definition) is 5. The number of carboxylic acids is 1. The summed E-state index contributed by atoms with van der Waals surface area (Å²) in [6.45, 7) is 1.85. The van der Waals surface area contributed by atoms with Gasteiger partial charge in [0.1, 0.15) is 5.50 Å². The molecule has 0 aromatic heterocycles. The Balaban J connectivity index is 2.38. The molecule has 1 amide bonds. The van der Waals surface area contributed by atoms with E-state index in [9.17, 15) is 9.59 Å². The van der Waals surface area contributed by atoms with Gasteiger partial charge >= 0.3 is 5.97 Å². The van der Waals surface area contributed by atoms with E-state index in [0.717, 1.165) is 0 Å². The molecule has 7 nitrogen and oxygen atoms in total. The molecule has 1 unspecified atom stereocenters. The Morgan fingerprint density at radius 1 is 1.47 bits per heavy atom. The molecule has 1 aromatic rings. The minimum absolute atomic E-state index is 0.105. The monoisotopic (exact) mass is 282 g/mol. The van der Waals surface area contributed by atoms with Crippen LogP contribution in [0.2, 0.25) is 0 Å². The lowest BCUT2D eigenvalue weighted by molar-refractivity contribution is -0.114. The van der Waals surface area contributed by atoms with Crippen LogP contribution in [0.5, 0.6) is 0 Å². The lowest BCUT2D eigenvalue weighted by atomic mass is 10.1. The second-order valence-corrected chi connectivity index (χ2v) is 4.57. The van der Waals surface area contributed by atoms with Crippen LogP contribution < -0.4 is 21.1 Å². The number of benzene rings is 1. The number of carboxylic acid groups (broad SMARTS) is 1. The van der Waals surface area contributed by atoms with Gasteiger partial charge in [-0.05, 0) is 18.2 Å². The first kappa shape index (κ1) is 13.7. The maximum absolute atomic E-state index is 11.1. The van der Waals surface area contributed by atoms with E-state index < -0.39 is 5.97 Å². The summed E-state index contributed by atoms with van der Waals surface area (Å²) in [6, 6.07) is 4.65. The first-order valence-electron chi connectivity index (χ1n) is 5.56. The largest absolute Gasteiger partial charge is 0.478 e. The summed E-state index contributed by atoms with van der Waals surface area (Å²) in [7, 11) is 0. The summed E-state index contributed by atoms with van der Waals surface area (Å²) in [5, 5.41) is 11.7. The standard InChI is InChI=1S/C11H14N4O3S/c1-6(16)13-8-2-7(10(17)18)3-9(4-8)15-5-12-14-11(15)19/h2-4,11-12,14,19H,5H2,1H3,(H,13,16)(H,17,18). The second-order valence-electron chi connectivity index (χ2n) is 4.08. The quantitative estimate of drug-likeness (QED) is 0.516. The average Bonchev–Trinajstić information content (AvgIpc) is 2.74. The van der Waals surface area contributed by atoms with E-state index >= 15 is 0 Å². The molecule has 0 aliphatic carbocycles. The molecule has 8 heteroatoms. The van der Waals surface area contributed by atoms with Crippen molar-refractivity contribution in [3.8, 4) is 0 Å². The van der Waals surface area contributed by atoms with E-state index in [2.05, 4.69) is 28.8 Å². The summed E-state index contributed by atoms with van der Waals surface area (Å²) in [5.41, 5.74) is 6.71. The maximum Gasteiger partial charge on any atom is 0.335 e. The molecule has 1 aromatic carbocycles. The first-order chi connectivity index (χ1) is 8.97. The van der Waals surface area contributed by atoms with Crippen molar-refractivity contribution in [1.29, 1.82) is 0 Å². The number of nitrogens with zero attached hydrogens (tertiary/aromatic N) is 1. The minimum atomic E-state index is -1.05. The normalized spacial score (nSPS) is 18.4. The molecular weight excluding hydrogens is 268 g/mol. The highest BCUT2D eigenvalue weighted by molar-refractivity contribution is 7.81. The molecule has 0 spiro atoms. The lowest BCUT2D eigenvalue weighted by Crippen LogP contribution is -2.31. The Bertz CT molecular complexity index is 523. The van der Waals surface area contributed by atoms with Gasteiger partial charge in [0, 0.05) is 18.3 Å². The van der Waals surface area contributed by atoms with Crippen molar-refractivity contribution in [3.63, 3.8) is 0 Å². The number of carbonyl (C=O) groups is 2. The Morgan fingerprint density at radius 3 is 2.74 bits per heavy atom. The molecule has 102 valence electrons. The summed E-state index contributed by atoms with van der Waals surface area (Å²) < 4.78 is 0. The Labute approximate surface area is 115 Å². The molecule has 2 rings (SSSR count). The number of nitrogens with one attached hydrogen (secondary N) is 3. The van der Waals surface area contributed by atoms with Gasteiger partial charge < -0.3 is 15.3 Å². The molecule has 1 fully saturated rings. The Kier molecular flexibility index (Phi) is 3.93. The maximum atomic E-state index is 11.1. The molecular formula is C11H14N4O3S. The number of carbonyl (C=O) groups excluding carboxylic acids is 1. The van der Waals surface area contributed by atoms with Gasteiger partial charge in [-0.3, -0.25) is 4.79 Å². The van der Waals surface area contributed by atoms with E-state index in [-0.39, 0.29) is 17.0 Å². The Hall–Kier alpha value is -1.77. The van der Waals surface area contributed by atoms with Crippen molar-refractivity contribution in [2.75, 3.05) is 16.9 Å². The molecule has 4 N–H and O–H groups in total. The van der Waals surface area contributed by atoms with Crippen LogP contribution in [0.3, 0.4) is 0 Å². The number of rotatable bonds is 3. The van der Waals surface area contributed by atoms with Gasteiger partial charge in [-0.25, -0.2) is 15.6 Å². The van der Waals surface area contributed by atoms with Gasteiger partial charge in [-0.2, -0.15) is 0 Å². The lowest BCUT2D eigenvalue weighted by Gasteiger charge is -2.22. The zero-order valence-electron chi connectivity index (χ0n) is 10.2. The minimum Gasteiger partial charge on any atom is -0.478 e. The number of hydrazine groups is 1. The summed E-state index contributed by atoms with van der Waals surface area (Å²) in [4.78, 5) is 24.0. The van der Waals surface area contributed by atoms with E-state index in [0.29, 0.717) is 18.0 Å². The van der Waals surface area contributed by atoms with Crippen LogP contribution in [0.15, 0.2) is 18.2 Å². The van der Waals surface area contributed by atoms with Crippen molar-refractivity contribution >= 4 is 35.9 Å². The fourth-order valence-corrected chi connectivity index (χ4v) is 2.10. The van der Waals surface area contributed by atoms with Crippen LogP contribution in [0, 0.1) is 0 Å². The van der Waals surface area contributed by atoms with Crippen LogP contribution in [0.25, 0.3) is 0 Å². The molecule has 0 bridgehead atoms. The van der Waals surface area contributed by atoms with Gasteiger partial charge in [-0.15, -0.1) is 12.6 Å². The van der Waals surface area contributed by atoms with Gasteiger partial charge in [-0.1, -0.05) is 0 Å². The third-order valence-corrected chi connectivity index (χ3v) is 3.00. The van der Waals surface area contributed by atoms with Crippen molar-refractivity contribution in [2.24, 2.45) is 0 Å². The number of hydrogen-bond acceptors (Lipinski definition) is 6. The zero-order valence-corrected chi connectivity index (χ0v) is 11.1. The number of thiol groups is 1. The summed E-state index contributed by atoms with van der Waals surface area (Å²) in [6.07, 6.45) is 0. The number of amides is 1. The van der Waals surface area contributed by atoms with Crippen LogP contribution in [-0.4, -0.2) is 29.1 Å². The molecule has 1 aliphatic heterocycles. The number of aromatic carboxylic acids is 1. The molecule has 1 heterocycles. The molecule has 1 aliphatic rings. The van der Waals surface area contributed by atoms with Crippen LogP contribution in [0.4, 0.5) is 11.4 Å². The highest BCUT2D eigenvalue weighted by Crippen LogP contribution is 2.25. The van der Waals surface area contributed by atoms with E-state index in [1.54, 1.807) is 6.07 Å². The van der Waals surface area contributed by atoms with E-state index in [1.165, 1.54) is 19.1 Å². The molecule has 1 atom stereocenters. The Morgan fingerprint density at radius 2 is 2.21 bits per heavy atom. The van der Waals surface area contributed by atoms with Crippen molar-refractivity contribution in [2.45, 2.75) is 12.4 Å². The predicted molar refractivity (Wildman–Crippen MR) is 74.1 cm³/mol. The second kappa shape index (κ2) is 5.47. The fourth-order valence-electron chi connectivity index (χ4n) is 1.79. The molecule has 0 radical (unpaired) electrons. The third-order valence-electron chi connectivity index (χ3n) is 2.59. The predicted octanol–water partition coefficient (Wildman–Crippen LogP) is 0.428. The SMILES string of the molecule is CC(=O)Nc1cc(C(=O)O)cc(N2CNNC2S)c1. The average molecular weight is 282 g/mol. The van der Waals surface area contributed by atoms with Gasteiger partial charge in [0.25, 0.3) is 0 Å². The van der Waals surface area contributed by atoms with Crippen LogP contribution in [-0.2, 0) is 4.79 Å². The molecule has 1 saturated heterocycles. The van der Waals surface area contributed by atoms with E-state index in [4.69, 9.17) is 5.11 Å². The first-order valence-corrected chi connectivity index (χ1v) is 6.08. The topological polar surface area (TPSA) is 93.7 Å². The van der Waals surface area contributed by atoms with Gasteiger partial charge in [0.05, 0.1) is 12.2 Å². The highest BCUT2D eigenvalue weighted by atomic mass is 32.1. The van der Waals surface area contributed by atoms with Crippen LogP contribution >= 0.6 is 12.6 Å². The smallest absolute Gasteiger partial charge is 0.335 e. The third kappa shape index (κ3) is 3.16. The van der Waals surface area contributed by atoms with Crippen molar-refractivity contribution in [1.82, 2.24) is 10.9 Å². The van der Waals surface area contributed by atoms with Gasteiger partial charge in [0.15, 0.2) is 0 Å². The molecule has 19 heavy (non-hydrogen) atoms. The van der Waals surface area contributed by atoms with E-state index in [1.807, 2.05) is 4.90 Å². The number of anilines is 2. The van der Waals surface area contributed by atoms with Crippen molar-refractivity contribution < 1.29 is 14.7 Å². The molecule has 0 saturated carbocycles. The van der Waals surface area contributed by atoms with Crippen molar-refractivity contribution in [3.05, 3.63) is 23.8 Å². The van der Waals surface area contributed by atoms with Gasteiger partial charge in [0.2, 0.25) is 5.91 Å². The highest BCUT2D eigenvalue weighted by Gasteiger charge is 2.22. The van der Waals surface area contributed by atoms with Crippen LogP contribution in [0.1, 0.15) is 17.3 Å². The summed E-state index contributed by atoms with van der Waals surface area (Å²) in [5.74, 6) is -1.31. The fraction of sp³-hybridized carbons (Fsp3) is 0.273. The zero-order chi connectivity index (χ0) is 14.0. The summed E-state index contributed by atoms with van der Waals surface area (Å²) >= 11 is 4.31.